The Labute approximate surface area is 172 Å². The second-order valence-corrected chi connectivity index (χ2v) is 7.61. The van der Waals surface area contributed by atoms with E-state index in [1.165, 1.54) is 4.90 Å². The molecule has 1 fully saturated rings. The van der Waals surface area contributed by atoms with Gasteiger partial charge in [-0.1, -0.05) is 25.1 Å². The predicted molar refractivity (Wildman–Crippen MR) is 111 cm³/mol. The van der Waals surface area contributed by atoms with E-state index in [-0.39, 0.29) is 17.9 Å². The van der Waals surface area contributed by atoms with E-state index in [4.69, 9.17) is 4.42 Å². The second-order valence-electron chi connectivity index (χ2n) is 7.61. The number of carbonyl (C=O) groups excluding carboxylic acids is 2. The normalized spacial score (nSPS) is 15.9. The lowest BCUT2D eigenvalue weighted by molar-refractivity contribution is -0.895. The number of benzene rings is 1. The molecule has 1 atom stereocenters. The Hall–Kier alpha value is -2.64. The van der Waals surface area contributed by atoms with E-state index in [1.807, 2.05) is 53.5 Å². The summed E-state index contributed by atoms with van der Waals surface area (Å²) in [5.74, 6) is 1.05. The number of hydrogen-bond donors (Lipinski definition) is 3. The Balaban J connectivity index is 1.39. The highest BCUT2D eigenvalue weighted by Crippen LogP contribution is 2.14. The van der Waals surface area contributed by atoms with Crippen molar-refractivity contribution in [2.24, 2.45) is 0 Å². The van der Waals surface area contributed by atoms with Crippen LogP contribution in [0.15, 0.2) is 47.1 Å². The van der Waals surface area contributed by atoms with Crippen molar-refractivity contribution in [1.82, 2.24) is 4.90 Å². The summed E-state index contributed by atoms with van der Waals surface area (Å²) < 4.78 is 5.38. The number of nitrogens with one attached hydrogen (secondary N) is 2. The van der Waals surface area contributed by atoms with Crippen molar-refractivity contribution in [2.75, 3.05) is 44.6 Å². The first kappa shape index (κ1) is 21.1. The lowest BCUT2D eigenvalue weighted by atomic mass is 10.1. The number of aryl methyl sites for hydroxylation is 1. The van der Waals surface area contributed by atoms with E-state index >= 15 is 0 Å². The molecule has 0 unspecified atom stereocenters. The molecular formula is C22H32N4O3+2. The van der Waals surface area contributed by atoms with Gasteiger partial charge in [0.05, 0.1) is 32.4 Å². The van der Waals surface area contributed by atoms with Gasteiger partial charge in [0.15, 0.2) is 18.8 Å². The number of amides is 2. The molecule has 7 heteroatoms. The third-order valence-electron chi connectivity index (χ3n) is 5.54. The molecular weight excluding hydrogens is 368 g/mol. The van der Waals surface area contributed by atoms with Gasteiger partial charge in [-0.3, -0.25) is 9.59 Å². The summed E-state index contributed by atoms with van der Waals surface area (Å²) in [6, 6.07) is 11.8. The zero-order valence-corrected chi connectivity index (χ0v) is 17.3. The van der Waals surface area contributed by atoms with Gasteiger partial charge in [0.2, 0.25) is 0 Å². The molecule has 1 aromatic heterocycles. The van der Waals surface area contributed by atoms with Gasteiger partial charge in [-0.05, 0) is 37.1 Å². The van der Waals surface area contributed by atoms with Crippen LogP contribution in [0.25, 0.3) is 0 Å². The molecule has 0 bridgehead atoms. The third-order valence-corrected chi connectivity index (χ3v) is 5.54. The molecule has 156 valence electrons. The minimum absolute atomic E-state index is 0.0290. The molecule has 1 aromatic carbocycles. The standard InChI is InChI=1S/C22H30N4O3/c1-3-18-7-4-5-8-19(18)24-21(27)16-25-10-12-26(13-11-25)22(28)15-23-17(2)20-9-6-14-29-20/h4-9,14,17,23H,3,10-13,15-16H2,1-2H3,(H,24,27)/p+2/t17-/m1/s1. The van der Waals surface area contributed by atoms with Crippen molar-refractivity contribution in [1.29, 1.82) is 0 Å². The molecule has 0 aliphatic carbocycles. The van der Waals surface area contributed by atoms with E-state index in [1.54, 1.807) is 6.26 Å². The van der Waals surface area contributed by atoms with Crippen molar-refractivity contribution < 1.29 is 24.2 Å². The molecule has 2 amide bonds. The van der Waals surface area contributed by atoms with E-state index in [9.17, 15) is 9.59 Å². The predicted octanol–water partition coefficient (Wildman–Crippen LogP) is -0.168. The summed E-state index contributed by atoms with van der Waals surface area (Å²) in [7, 11) is 0. The number of hydrogen-bond acceptors (Lipinski definition) is 3. The van der Waals surface area contributed by atoms with Crippen LogP contribution < -0.4 is 15.5 Å². The highest BCUT2D eigenvalue weighted by atomic mass is 16.3. The minimum Gasteiger partial charge on any atom is -0.463 e. The van der Waals surface area contributed by atoms with Gasteiger partial charge in [-0.15, -0.1) is 0 Å². The first-order chi connectivity index (χ1) is 14.1. The van der Waals surface area contributed by atoms with Gasteiger partial charge < -0.3 is 24.9 Å². The zero-order chi connectivity index (χ0) is 20.6. The molecule has 1 aliphatic heterocycles. The van der Waals surface area contributed by atoms with Gasteiger partial charge in [0.25, 0.3) is 11.8 Å². The molecule has 2 heterocycles. The largest absolute Gasteiger partial charge is 0.463 e. The van der Waals surface area contributed by atoms with Crippen LogP contribution in [0.3, 0.4) is 0 Å². The van der Waals surface area contributed by atoms with Gasteiger partial charge in [0.1, 0.15) is 6.04 Å². The maximum absolute atomic E-state index is 12.5. The number of anilines is 1. The molecule has 7 nitrogen and oxygen atoms in total. The van der Waals surface area contributed by atoms with Gasteiger partial charge >= 0.3 is 0 Å². The maximum Gasteiger partial charge on any atom is 0.279 e. The van der Waals surface area contributed by atoms with Crippen LogP contribution >= 0.6 is 0 Å². The van der Waals surface area contributed by atoms with Crippen LogP contribution in [-0.4, -0.2) is 56.0 Å². The van der Waals surface area contributed by atoms with Crippen molar-refractivity contribution in [2.45, 2.75) is 26.3 Å². The van der Waals surface area contributed by atoms with Crippen LogP contribution in [0.1, 0.15) is 31.2 Å². The summed E-state index contributed by atoms with van der Waals surface area (Å²) in [6.45, 7) is 7.92. The average molecular weight is 401 g/mol. The number of furan rings is 1. The molecule has 4 N–H and O–H groups in total. The molecule has 1 saturated heterocycles. The summed E-state index contributed by atoms with van der Waals surface area (Å²) in [5.41, 5.74) is 2.04. The Bertz CT molecular complexity index is 798. The summed E-state index contributed by atoms with van der Waals surface area (Å²) in [6.07, 6.45) is 2.54. The van der Waals surface area contributed by atoms with Crippen molar-refractivity contribution in [3.05, 3.63) is 54.0 Å². The number of carbonyl (C=O) groups is 2. The number of nitrogens with two attached hydrogens (primary N) is 1. The highest BCUT2D eigenvalue weighted by Gasteiger charge is 2.26. The highest BCUT2D eigenvalue weighted by molar-refractivity contribution is 5.92. The monoisotopic (exact) mass is 400 g/mol. The van der Waals surface area contributed by atoms with E-state index in [0.29, 0.717) is 26.2 Å². The zero-order valence-electron chi connectivity index (χ0n) is 17.3. The lowest BCUT2D eigenvalue weighted by Gasteiger charge is -2.31. The SMILES string of the molecule is CCc1ccccc1NC(=O)C[NH+]1CCN(C(=O)C[NH2+][C@H](C)c2ccco2)CC1. The Morgan fingerprint density at radius 3 is 2.66 bits per heavy atom. The molecule has 2 aromatic rings. The second kappa shape index (κ2) is 10.2. The fourth-order valence-electron chi connectivity index (χ4n) is 3.69. The van der Waals surface area contributed by atoms with Crippen LogP contribution in [0.2, 0.25) is 0 Å². The van der Waals surface area contributed by atoms with Gasteiger partial charge in [0, 0.05) is 5.69 Å². The Kier molecular flexibility index (Phi) is 7.43. The van der Waals surface area contributed by atoms with Crippen molar-refractivity contribution >= 4 is 17.5 Å². The lowest BCUT2D eigenvalue weighted by Crippen LogP contribution is -3.15. The maximum atomic E-state index is 12.5. The third kappa shape index (κ3) is 5.92. The van der Waals surface area contributed by atoms with Gasteiger partial charge in [-0.2, -0.15) is 0 Å². The van der Waals surface area contributed by atoms with Gasteiger partial charge in [-0.25, -0.2) is 0 Å². The number of quaternary nitrogens is 2. The van der Waals surface area contributed by atoms with E-state index in [2.05, 4.69) is 12.2 Å². The molecule has 0 saturated carbocycles. The topological polar surface area (TPSA) is 83.6 Å². The van der Waals surface area contributed by atoms with E-state index < -0.39 is 0 Å². The molecule has 29 heavy (non-hydrogen) atoms. The number of piperazine rings is 1. The Morgan fingerprint density at radius 1 is 1.21 bits per heavy atom. The molecule has 0 spiro atoms. The van der Waals surface area contributed by atoms with Crippen LogP contribution in [-0.2, 0) is 16.0 Å². The molecule has 3 rings (SSSR count). The summed E-state index contributed by atoms with van der Waals surface area (Å²) in [5, 5.41) is 5.03. The number of para-hydroxylation sites is 1. The molecule has 0 radical (unpaired) electrons. The van der Waals surface area contributed by atoms with Crippen LogP contribution in [0, 0.1) is 0 Å². The van der Waals surface area contributed by atoms with Crippen LogP contribution in [0.5, 0.6) is 0 Å². The number of rotatable bonds is 8. The summed E-state index contributed by atoms with van der Waals surface area (Å²) >= 11 is 0. The van der Waals surface area contributed by atoms with Crippen molar-refractivity contribution in [3.63, 3.8) is 0 Å². The van der Waals surface area contributed by atoms with E-state index in [0.717, 1.165) is 36.5 Å². The fourth-order valence-corrected chi connectivity index (χ4v) is 3.69. The van der Waals surface area contributed by atoms with Crippen molar-refractivity contribution in [3.8, 4) is 0 Å². The minimum atomic E-state index is 0.0290. The average Bonchev–Trinajstić information content (AvgIpc) is 3.27. The summed E-state index contributed by atoms with van der Waals surface area (Å²) in [4.78, 5) is 28.0. The smallest absolute Gasteiger partial charge is 0.279 e. The first-order valence-electron chi connectivity index (χ1n) is 10.4. The number of nitrogens with zero attached hydrogens (tertiary/aromatic N) is 1. The fraction of sp³-hybridized carbons (Fsp3) is 0.455. The quantitative estimate of drug-likeness (QED) is 0.575. The first-order valence-corrected chi connectivity index (χ1v) is 10.4. The molecule has 1 aliphatic rings. The van der Waals surface area contributed by atoms with Crippen LogP contribution in [0.4, 0.5) is 5.69 Å². The Morgan fingerprint density at radius 2 is 1.97 bits per heavy atom.